The van der Waals surface area contributed by atoms with E-state index in [1.54, 1.807) is 18.9 Å². The van der Waals surface area contributed by atoms with E-state index < -0.39 is 0 Å². The molecule has 2 N–H and O–H groups in total. The summed E-state index contributed by atoms with van der Waals surface area (Å²) in [5.74, 6) is 0. The van der Waals surface area contributed by atoms with Crippen molar-refractivity contribution < 1.29 is 9.90 Å². The molecular weight excluding hydrogens is 216 g/mol. The number of nitrogens with zero attached hydrogens (tertiary/aromatic N) is 1. The monoisotopic (exact) mass is 242 g/mol. The summed E-state index contributed by atoms with van der Waals surface area (Å²) >= 11 is 0. The molecule has 17 heavy (non-hydrogen) atoms. The molecule has 0 saturated heterocycles. The van der Waals surface area contributed by atoms with Crippen molar-refractivity contribution in [2.45, 2.75) is 52.1 Å². The van der Waals surface area contributed by atoms with E-state index in [0.717, 1.165) is 6.54 Å². The number of hydrogen-bond donors (Lipinski definition) is 2. The molecule has 0 radical (unpaired) electrons. The van der Waals surface area contributed by atoms with Crippen LogP contribution in [0.25, 0.3) is 0 Å². The quantitative estimate of drug-likeness (QED) is 0.774. The molecule has 1 rings (SSSR count). The van der Waals surface area contributed by atoms with Gasteiger partial charge < -0.3 is 15.3 Å². The van der Waals surface area contributed by atoms with Crippen LogP contribution < -0.4 is 5.32 Å². The highest BCUT2D eigenvalue weighted by atomic mass is 16.3. The van der Waals surface area contributed by atoms with Crippen molar-refractivity contribution in [1.29, 1.82) is 0 Å². The Morgan fingerprint density at radius 3 is 2.59 bits per heavy atom. The molecule has 0 aliphatic heterocycles. The van der Waals surface area contributed by atoms with Gasteiger partial charge in [-0.1, -0.05) is 19.8 Å². The Morgan fingerprint density at radius 2 is 2.06 bits per heavy atom. The number of carbonyl (C=O) groups excluding carboxylic acids is 1. The number of urea groups is 1. The molecule has 1 saturated carbocycles. The summed E-state index contributed by atoms with van der Waals surface area (Å²) in [6, 6.07) is -0.0289. The number of aliphatic hydroxyl groups excluding tert-OH is 1. The zero-order chi connectivity index (χ0) is 12.9. The van der Waals surface area contributed by atoms with Gasteiger partial charge in [0.1, 0.15) is 0 Å². The van der Waals surface area contributed by atoms with E-state index in [-0.39, 0.29) is 12.1 Å². The molecule has 0 spiro atoms. The largest absolute Gasteiger partial charge is 0.393 e. The molecule has 1 atom stereocenters. The van der Waals surface area contributed by atoms with Crippen molar-refractivity contribution in [2.75, 3.05) is 20.1 Å². The smallest absolute Gasteiger partial charge is 0.317 e. The third-order valence-electron chi connectivity index (χ3n) is 3.71. The maximum Gasteiger partial charge on any atom is 0.317 e. The van der Waals surface area contributed by atoms with Gasteiger partial charge in [0.25, 0.3) is 0 Å². The van der Waals surface area contributed by atoms with Crippen LogP contribution in [-0.4, -0.2) is 42.3 Å². The van der Waals surface area contributed by atoms with E-state index in [4.69, 9.17) is 5.11 Å². The Morgan fingerprint density at radius 1 is 1.47 bits per heavy atom. The predicted molar refractivity (Wildman–Crippen MR) is 68.9 cm³/mol. The highest BCUT2D eigenvalue weighted by molar-refractivity contribution is 5.73. The van der Waals surface area contributed by atoms with Crippen LogP contribution in [0.2, 0.25) is 0 Å². The molecule has 1 unspecified atom stereocenters. The lowest BCUT2D eigenvalue weighted by molar-refractivity contribution is 0.161. The van der Waals surface area contributed by atoms with E-state index in [0.29, 0.717) is 18.4 Å². The van der Waals surface area contributed by atoms with Gasteiger partial charge in [-0.2, -0.15) is 0 Å². The lowest BCUT2D eigenvalue weighted by Gasteiger charge is -2.26. The van der Waals surface area contributed by atoms with Gasteiger partial charge in [0.15, 0.2) is 0 Å². The fourth-order valence-electron chi connectivity index (χ4n) is 2.31. The highest BCUT2D eigenvalue weighted by Crippen LogP contribution is 2.36. The SMILES string of the molecule is CC(O)CCN(C)C(=O)NCC1(C)CCCC1. The normalized spacial score (nSPS) is 20.0. The van der Waals surface area contributed by atoms with Gasteiger partial charge in [-0.3, -0.25) is 0 Å². The van der Waals surface area contributed by atoms with Crippen LogP contribution >= 0.6 is 0 Å². The third kappa shape index (κ3) is 4.94. The Labute approximate surface area is 104 Å². The van der Waals surface area contributed by atoms with E-state index >= 15 is 0 Å². The van der Waals surface area contributed by atoms with Gasteiger partial charge in [-0.25, -0.2) is 4.79 Å². The first-order valence-corrected chi connectivity index (χ1v) is 6.60. The van der Waals surface area contributed by atoms with E-state index in [1.807, 2.05) is 0 Å². The summed E-state index contributed by atoms with van der Waals surface area (Å²) in [5, 5.41) is 12.2. The number of amides is 2. The average Bonchev–Trinajstić information content (AvgIpc) is 2.70. The molecule has 0 heterocycles. The van der Waals surface area contributed by atoms with Crippen molar-refractivity contribution in [3.63, 3.8) is 0 Å². The van der Waals surface area contributed by atoms with Crippen LogP contribution in [0.15, 0.2) is 0 Å². The standard InChI is InChI=1S/C13H26N2O2/c1-11(16)6-9-15(3)12(17)14-10-13(2)7-4-5-8-13/h11,16H,4-10H2,1-3H3,(H,14,17). The molecule has 100 valence electrons. The van der Waals surface area contributed by atoms with Gasteiger partial charge in [0.2, 0.25) is 0 Å². The van der Waals surface area contributed by atoms with E-state index in [1.165, 1.54) is 25.7 Å². The summed E-state index contributed by atoms with van der Waals surface area (Å²) < 4.78 is 0. The Kier molecular flexibility index (Phi) is 5.25. The molecular formula is C13H26N2O2. The lowest BCUT2D eigenvalue weighted by Crippen LogP contribution is -2.42. The molecule has 0 aromatic rings. The molecule has 0 bridgehead atoms. The second kappa shape index (κ2) is 6.24. The number of aliphatic hydroxyl groups is 1. The molecule has 4 nitrogen and oxygen atoms in total. The van der Waals surface area contributed by atoms with Crippen LogP contribution in [-0.2, 0) is 0 Å². The van der Waals surface area contributed by atoms with Crippen molar-refractivity contribution in [3.05, 3.63) is 0 Å². The lowest BCUT2D eigenvalue weighted by atomic mass is 9.89. The molecule has 0 aromatic heterocycles. The van der Waals surface area contributed by atoms with Crippen molar-refractivity contribution in [2.24, 2.45) is 5.41 Å². The maximum absolute atomic E-state index is 11.8. The van der Waals surface area contributed by atoms with Gasteiger partial charge in [-0.15, -0.1) is 0 Å². The van der Waals surface area contributed by atoms with Crippen molar-refractivity contribution in [1.82, 2.24) is 10.2 Å². The molecule has 0 aromatic carbocycles. The summed E-state index contributed by atoms with van der Waals surface area (Å²) in [5.41, 5.74) is 0.292. The molecule has 4 heteroatoms. The maximum atomic E-state index is 11.8. The first-order chi connectivity index (χ1) is 7.93. The van der Waals surface area contributed by atoms with E-state index in [9.17, 15) is 4.79 Å². The fraction of sp³-hybridized carbons (Fsp3) is 0.923. The third-order valence-corrected chi connectivity index (χ3v) is 3.71. The predicted octanol–water partition coefficient (Wildman–Crippen LogP) is 1.98. The topological polar surface area (TPSA) is 52.6 Å². The van der Waals surface area contributed by atoms with Crippen molar-refractivity contribution >= 4 is 6.03 Å². The van der Waals surface area contributed by atoms with Gasteiger partial charge in [0, 0.05) is 20.1 Å². The van der Waals surface area contributed by atoms with Crippen LogP contribution in [0, 0.1) is 5.41 Å². The van der Waals surface area contributed by atoms with E-state index in [2.05, 4.69) is 12.2 Å². The van der Waals surface area contributed by atoms with Crippen LogP contribution in [0.1, 0.15) is 46.0 Å². The molecule has 1 aliphatic carbocycles. The van der Waals surface area contributed by atoms with Crippen LogP contribution in [0.4, 0.5) is 4.79 Å². The number of carbonyl (C=O) groups is 1. The van der Waals surface area contributed by atoms with Crippen molar-refractivity contribution in [3.8, 4) is 0 Å². The van der Waals surface area contributed by atoms with Crippen LogP contribution in [0.3, 0.4) is 0 Å². The minimum atomic E-state index is -0.349. The summed E-state index contributed by atoms with van der Waals surface area (Å²) in [6.07, 6.45) is 5.27. The summed E-state index contributed by atoms with van der Waals surface area (Å²) in [4.78, 5) is 13.4. The van der Waals surface area contributed by atoms with Gasteiger partial charge in [0.05, 0.1) is 6.10 Å². The van der Waals surface area contributed by atoms with Gasteiger partial charge in [-0.05, 0) is 31.6 Å². The highest BCUT2D eigenvalue weighted by Gasteiger charge is 2.29. The second-order valence-corrected chi connectivity index (χ2v) is 5.74. The Balaban J connectivity index is 2.24. The first-order valence-electron chi connectivity index (χ1n) is 6.60. The zero-order valence-electron chi connectivity index (χ0n) is 11.3. The summed E-state index contributed by atoms with van der Waals surface area (Å²) in [7, 11) is 1.77. The number of rotatable bonds is 5. The summed E-state index contributed by atoms with van der Waals surface area (Å²) in [6.45, 7) is 5.35. The molecule has 1 fully saturated rings. The minimum Gasteiger partial charge on any atom is -0.393 e. The first kappa shape index (κ1) is 14.3. The number of nitrogens with one attached hydrogen (secondary N) is 1. The van der Waals surface area contributed by atoms with Gasteiger partial charge >= 0.3 is 6.03 Å². The molecule has 1 aliphatic rings. The fourth-order valence-corrected chi connectivity index (χ4v) is 2.31. The Hall–Kier alpha value is -0.770. The number of hydrogen-bond acceptors (Lipinski definition) is 2. The Bertz CT molecular complexity index is 248. The van der Waals surface area contributed by atoms with Crippen LogP contribution in [0.5, 0.6) is 0 Å². The second-order valence-electron chi connectivity index (χ2n) is 5.74. The minimum absolute atomic E-state index is 0.0289. The molecule has 2 amide bonds. The zero-order valence-corrected chi connectivity index (χ0v) is 11.3. The average molecular weight is 242 g/mol.